The number of carbonyl (C=O) groups excluding carboxylic acids is 2. The first kappa shape index (κ1) is 49.2. The Morgan fingerprint density at radius 1 is 0.519 bits per heavy atom. The zero-order valence-corrected chi connectivity index (χ0v) is 33.3. The molecule has 0 aliphatic carbocycles. The monoisotopic (exact) mass is 746 g/mol. The molecule has 0 saturated carbocycles. The normalized spacial score (nSPS) is 13.4. The van der Waals surface area contributed by atoms with Crippen LogP contribution < -0.4 is 0 Å². The molecule has 0 saturated heterocycles. The minimum absolute atomic E-state index is 0.0808. The van der Waals surface area contributed by atoms with E-state index in [0.717, 1.165) is 70.6 Å². The van der Waals surface area contributed by atoms with Crippen molar-refractivity contribution in [3.8, 4) is 0 Å². The molecule has 0 amide bonds. The Balaban J connectivity index is 4.12. The summed E-state index contributed by atoms with van der Waals surface area (Å²) in [5.74, 6) is -1.00. The van der Waals surface area contributed by atoms with Gasteiger partial charge < -0.3 is 19.3 Å². The molecule has 0 bridgehead atoms. The number of ether oxygens (including phenoxy) is 2. The summed E-state index contributed by atoms with van der Waals surface area (Å²) in [6.07, 6.45) is 50.3. The third kappa shape index (κ3) is 40.0. The second-order valence-electron chi connectivity index (χ2n) is 12.9. The zero-order valence-electron chi connectivity index (χ0n) is 32.4. The van der Waals surface area contributed by atoms with E-state index in [9.17, 15) is 14.2 Å². The van der Waals surface area contributed by atoms with Gasteiger partial charge in [-0.3, -0.25) is 14.1 Å². The molecule has 0 aliphatic heterocycles. The van der Waals surface area contributed by atoms with E-state index >= 15 is 0 Å². The van der Waals surface area contributed by atoms with E-state index in [1.54, 1.807) is 0 Å². The average molecular weight is 747 g/mol. The van der Waals surface area contributed by atoms with Gasteiger partial charge in [0.25, 0.3) is 0 Å². The summed E-state index contributed by atoms with van der Waals surface area (Å²) in [7, 11) is -4.78. The number of hydrogen-bond donors (Lipinski definition) is 2. The molecule has 9 heteroatoms. The number of rotatable bonds is 35. The summed E-state index contributed by atoms with van der Waals surface area (Å²) in [6.45, 7) is 3.48. The lowest BCUT2D eigenvalue weighted by Crippen LogP contribution is -2.29. The maximum absolute atomic E-state index is 12.4. The number of carbonyl (C=O) groups is 2. The minimum Gasteiger partial charge on any atom is -0.462 e. The van der Waals surface area contributed by atoms with Gasteiger partial charge in [-0.1, -0.05) is 150 Å². The first-order chi connectivity index (χ1) is 25.3. The fourth-order valence-corrected chi connectivity index (χ4v) is 5.34. The van der Waals surface area contributed by atoms with Crippen LogP contribution in [0.2, 0.25) is 0 Å². The topological polar surface area (TPSA) is 119 Å². The molecule has 0 aliphatic rings. The second-order valence-corrected chi connectivity index (χ2v) is 14.1. The highest BCUT2D eigenvalue weighted by molar-refractivity contribution is 7.46. The number of allylic oxidation sites excluding steroid dienone is 14. The lowest BCUT2D eigenvalue weighted by molar-refractivity contribution is -0.161. The molecule has 8 nitrogen and oxygen atoms in total. The van der Waals surface area contributed by atoms with Crippen molar-refractivity contribution in [2.24, 2.45) is 0 Å². The van der Waals surface area contributed by atoms with Crippen LogP contribution in [0, 0.1) is 0 Å². The van der Waals surface area contributed by atoms with Crippen LogP contribution in [-0.2, 0) is 28.2 Å². The molecular formula is C43H71O8P. The van der Waals surface area contributed by atoms with E-state index in [4.69, 9.17) is 19.3 Å². The predicted octanol–water partition coefficient (Wildman–Crippen LogP) is 12.1. The van der Waals surface area contributed by atoms with Crippen LogP contribution in [0.4, 0.5) is 0 Å². The van der Waals surface area contributed by atoms with Gasteiger partial charge in [0, 0.05) is 12.8 Å². The van der Waals surface area contributed by atoms with Crippen molar-refractivity contribution in [1.29, 1.82) is 0 Å². The Morgan fingerprint density at radius 3 is 1.46 bits per heavy atom. The van der Waals surface area contributed by atoms with Crippen LogP contribution in [0.5, 0.6) is 0 Å². The Morgan fingerprint density at radius 2 is 0.962 bits per heavy atom. The summed E-state index contributed by atoms with van der Waals surface area (Å²) < 4.78 is 26.3. The lowest BCUT2D eigenvalue weighted by Gasteiger charge is -2.18. The molecule has 0 aromatic heterocycles. The molecule has 1 unspecified atom stereocenters. The number of phosphoric ester groups is 1. The molecule has 0 heterocycles. The van der Waals surface area contributed by atoms with Gasteiger partial charge in [-0.25, -0.2) is 4.57 Å². The van der Waals surface area contributed by atoms with Crippen molar-refractivity contribution in [2.75, 3.05) is 13.2 Å². The van der Waals surface area contributed by atoms with Crippen LogP contribution in [-0.4, -0.2) is 41.0 Å². The van der Waals surface area contributed by atoms with Crippen LogP contribution in [0.15, 0.2) is 85.1 Å². The van der Waals surface area contributed by atoms with E-state index in [2.05, 4.69) is 91.3 Å². The Hall–Kier alpha value is -2.77. The molecule has 0 aromatic rings. The third-order valence-electron chi connectivity index (χ3n) is 7.91. The smallest absolute Gasteiger partial charge is 0.462 e. The third-order valence-corrected chi connectivity index (χ3v) is 8.40. The summed E-state index contributed by atoms with van der Waals surface area (Å²) >= 11 is 0. The lowest BCUT2D eigenvalue weighted by atomic mass is 10.1. The molecule has 2 N–H and O–H groups in total. The molecule has 296 valence electrons. The van der Waals surface area contributed by atoms with Gasteiger partial charge in [-0.05, 0) is 77.0 Å². The van der Waals surface area contributed by atoms with Crippen molar-refractivity contribution in [1.82, 2.24) is 0 Å². The molecule has 0 aromatic carbocycles. The quantitative estimate of drug-likeness (QED) is 0.0285. The van der Waals surface area contributed by atoms with Gasteiger partial charge in [-0.2, -0.15) is 0 Å². The summed E-state index contributed by atoms with van der Waals surface area (Å²) in [5, 5.41) is 0. The Kier molecular flexibility index (Phi) is 35.9. The number of phosphoric acid groups is 1. The predicted molar refractivity (Wildman–Crippen MR) is 216 cm³/mol. The molecule has 0 radical (unpaired) electrons. The van der Waals surface area contributed by atoms with Crippen molar-refractivity contribution in [2.45, 2.75) is 161 Å². The first-order valence-electron chi connectivity index (χ1n) is 19.9. The van der Waals surface area contributed by atoms with Gasteiger partial charge in [0.15, 0.2) is 6.10 Å². The Bertz CT molecular complexity index is 1110. The van der Waals surface area contributed by atoms with E-state index in [-0.39, 0.29) is 19.4 Å². The van der Waals surface area contributed by atoms with Crippen molar-refractivity contribution in [3.63, 3.8) is 0 Å². The SMILES string of the molecule is CC/C=C\C/C=C\C/C=C\C/C=C\C/C=C\C/C=C\CCC(=O)OC(COC(=O)CCCCCCC/C=C\CCCCCCCC)COP(=O)(O)O. The number of hydrogen-bond acceptors (Lipinski definition) is 6. The van der Waals surface area contributed by atoms with Gasteiger partial charge in [0.2, 0.25) is 0 Å². The maximum atomic E-state index is 12.4. The molecule has 52 heavy (non-hydrogen) atoms. The summed E-state index contributed by atoms with van der Waals surface area (Å²) in [4.78, 5) is 42.7. The highest BCUT2D eigenvalue weighted by Gasteiger charge is 2.22. The van der Waals surface area contributed by atoms with E-state index in [0.29, 0.717) is 12.8 Å². The van der Waals surface area contributed by atoms with Crippen molar-refractivity contribution >= 4 is 19.8 Å². The van der Waals surface area contributed by atoms with Crippen molar-refractivity contribution < 1.29 is 37.9 Å². The van der Waals surface area contributed by atoms with Gasteiger partial charge >= 0.3 is 19.8 Å². The highest BCUT2D eigenvalue weighted by Crippen LogP contribution is 2.35. The maximum Gasteiger partial charge on any atom is 0.469 e. The van der Waals surface area contributed by atoms with Gasteiger partial charge in [-0.15, -0.1) is 0 Å². The number of esters is 2. The minimum atomic E-state index is -4.78. The molecule has 0 rings (SSSR count). The highest BCUT2D eigenvalue weighted by atomic mass is 31.2. The fourth-order valence-electron chi connectivity index (χ4n) is 4.98. The first-order valence-corrected chi connectivity index (χ1v) is 21.4. The van der Waals surface area contributed by atoms with Crippen LogP contribution in [0.25, 0.3) is 0 Å². The molecular weight excluding hydrogens is 675 g/mol. The van der Waals surface area contributed by atoms with E-state index in [1.165, 1.54) is 44.9 Å². The summed E-state index contributed by atoms with van der Waals surface area (Å²) in [6, 6.07) is 0. The zero-order chi connectivity index (χ0) is 38.2. The number of unbranched alkanes of at least 4 members (excludes halogenated alkanes) is 11. The molecule has 0 spiro atoms. The standard InChI is InChI=1S/C43H71O8P/c1-3-5-7-9-11-13-15-17-19-20-21-22-24-26-28-30-32-34-36-38-43(45)51-41(40-50-52(46,47)48)39-49-42(44)37-35-33-31-29-27-25-23-18-16-14-12-10-8-6-4-2/h5,7,11,13,17-19,21-23,26,28,32,34,41H,3-4,6,8-10,12,14-16,20,24-25,27,29-31,33,35-40H2,1-2H3,(H2,46,47,48)/b7-5-,13-11-,19-17-,22-21-,23-18-,28-26-,34-32-. The van der Waals surface area contributed by atoms with Crippen LogP contribution in [0.1, 0.15) is 155 Å². The molecule has 1 atom stereocenters. The van der Waals surface area contributed by atoms with E-state index in [1.807, 2.05) is 12.2 Å². The average Bonchev–Trinajstić information content (AvgIpc) is 3.11. The van der Waals surface area contributed by atoms with Crippen molar-refractivity contribution in [3.05, 3.63) is 85.1 Å². The van der Waals surface area contributed by atoms with Crippen LogP contribution >= 0.6 is 7.82 Å². The van der Waals surface area contributed by atoms with Gasteiger partial charge in [0.05, 0.1) is 6.61 Å². The largest absolute Gasteiger partial charge is 0.469 e. The molecule has 0 fully saturated rings. The second kappa shape index (κ2) is 38.0. The van der Waals surface area contributed by atoms with E-state index < -0.39 is 32.5 Å². The van der Waals surface area contributed by atoms with Gasteiger partial charge in [0.1, 0.15) is 6.61 Å². The van der Waals surface area contributed by atoms with Crippen LogP contribution in [0.3, 0.4) is 0 Å². The Labute approximate surface area is 316 Å². The fraction of sp³-hybridized carbons (Fsp3) is 0.628. The summed E-state index contributed by atoms with van der Waals surface area (Å²) in [5.41, 5.74) is 0.